The fourth-order valence-electron chi connectivity index (χ4n) is 3.38. The molecule has 2 aliphatic heterocycles. The van der Waals surface area contributed by atoms with E-state index in [1.54, 1.807) is 0 Å². The highest BCUT2D eigenvalue weighted by molar-refractivity contribution is 6.28. The van der Waals surface area contributed by atoms with Crippen molar-refractivity contribution < 1.29 is 4.74 Å². The summed E-state index contributed by atoms with van der Waals surface area (Å²) in [5.41, 5.74) is 2.15. The third kappa shape index (κ3) is 3.68. The van der Waals surface area contributed by atoms with Crippen LogP contribution in [0.25, 0.3) is 0 Å². The standard InChI is InChI=1S/C17H21ClN6O/c1-12-8-23(6-7-24(12)15-9-25-10-15)14-4-2-13(3-5-14)21-17-20-11-19-16(18)22-17/h2-5,11-12,15H,6-10H2,1H3,(H,19,20,21,22). The molecule has 25 heavy (non-hydrogen) atoms. The molecule has 1 unspecified atom stereocenters. The molecule has 2 aliphatic rings. The van der Waals surface area contributed by atoms with E-state index < -0.39 is 0 Å². The lowest BCUT2D eigenvalue weighted by Gasteiger charge is -2.47. The van der Waals surface area contributed by atoms with E-state index in [1.807, 2.05) is 12.1 Å². The van der Waals surface area contributed by atoms with Crippen molar-refractivity contribution >= 4 is 28.9 Å². The smallest absolute Gasteiger partial charge is 0.231 e. The minimum Gasteiger partial charge on any atom is -0.378 e. The highest BCUT2D eigenvalue weighted by atomic mass is 35.5. The van der Waals surface area contributed by atoms with Crippen LogP contribution >= 0.6 is 11.6 Å². The number of piperazine rings is 1. The van der Waals surface area contributed by atoms with Crippen LogP contribution in [0, 0.1) is 0 Å². The van der Waals surface area contributed by atoms with Crippen molar-refractivity contribution in [2.75, 3.05) is 43.1 Å². The van der Waals surface area contributed by atoms with Crippen molar-refractivity contribution in [1.82, 2.24) is 19.9 Å². The Morgan fingerprint density at radius 1 is 1.16 bits per heavy atom. The van der Waals surface area contributed by atoms with Crippen molar-refractivity contribution in [3.05, 3.63) is 35.9 Å². The quantitative estimate of drug-likeness (QED) is 0.896. The van der Waals surface area contributed by atoms with E-state index in [0.29, 0.717) is 18.0 Å². The van der Waals surface area contributed by atoms with E-state index in [-0.39, 0.29) is 5.28 Å². The topological polar surface area (TPSA) is 66.4 Å². The molecule has 132 valence electrons. The van der Waals surface area contributed by atoms with Crippen molar-refractivity contribution in [3.8, 4) is 0 Å². The number of ether oxygens (including phenoxy) is 1. The van der Waals surface area contributed by atoms with Crippen LogP contribution in [0.5, 0.6) is 0 Å². The fourth-order valence-corrected chi connectivity index (χ4v) is 3.51. The molecular formula is C17H21ClN6O. The summed E-state index contributed by atoms with van der Waals surface area (Å²) < 4.78 is 5.33. The molecule has 1 aromatic heterocycles. The first kappa shape index (κ1) is 16.5. The van der Waals surface area contributed by atoms with Crippen molar-refractivity contribution in [3.63, 3.8) is 0 Å². The van der Waals surface area contributed by atoms with Gasteiger partial charge in [0.05, 0.1) is 19.3 Å². The van der Waals surface area contributed by atoms with Gasteiger partial charge in [-0.25, -0.2) is 9.97 Å². The summed E-state index contributed by atoms with van der Waals surface area (Å²) in [5.74, 6) is 0.442. The average Bonchev–Trinajstić information content (AvgIpc) is 2.56. The first-order valence-corrected chi connectivity index (χ1v) is 8.87. The van der Waals surface area contributed by atoms with E-state index in [1.165, 1.54) is 12.0 Å². The Morgan fingerprint density at radius 3 is 2.60 bits per heavy atom. The Labute approximate surface area is 152 Å². The number of anilines is 3. The SMILES string of the molecule is CC1CN(c2ccc(Nc3ncnc(Cl)n3)cc2)CCN1C1COC1. The summed E-state index contributed by atoms with van der Waals surface area (Å²) in [5, 5.41) is 3.31. The lowest BCUT2D eigenvalue weighted by atomic mass is 10.1. The van der Waals surface area contributed by atoms with Crippen LogP contribution < -0.4 is 10.2 Å². The predicted molar refractivity (Wildman–Crippen MR) is 97.5 cm³/mol. The molecule has 2 aromatic rings. The monoisotopic (exact) mass is 360 g/mol. The molecule has 0 radical (unpaired) electrons. The predicted octanol–water partition coefficient (Wildman–Crippen LogP) is 2.18. The van der Waals surface area contributed by atoms with Crippen molar-refractivity contribution in [1.29, 1.82) is 0 Å². The van der Waals surface area contributed by atoms with Gasteiger partial charge in [-0.3, -0.25) is 4.90 Å². The fraction of sp³-hybridized carbons (Fsp3) is 0.471. The normalized spacial score (nSPS) is 21.8. The van der Waals surface area contributed by atoms with Crippen molar-refractivity contribution in [2.45, 2.75) is 19.0 Å². The lowest BCUT2D eigenvalue weighted by Crippen LogP contribution is -2.60. The maximum Gasteiger partial charge on any atom is 0.231 e. The Bertz CT molecular complexity index is 723. The number of nitrogens with zero attached hydrogens (tertiary/aromatic N) is 5. The summed E-state index contributed by atoms with van der Waals surface area (Å²) in [4.78, 5) is 16.9. The number of aromatic nitrogens is 3. The van der Waals surface area contributed by atoms with Gasteiger partial charge in [-0.05, 0) is 42.8 Å². The van der Waals surface area contributed by atoms with Crippen LogP contribution in [0.4, 0.5) is 17.3 Å². The van der Waals surface area contributed by atoms with Gasteiger partial charge in [0.25, 0.3) is 0 Å². The van der Waals surface area contributed by atoms with Crippen LogP contribution in [0.2, 0.25) is 5.28 Å². The van der Waals surface area contributed by atoms with Gasteiger partial charge in [0.1, 0.15) is 6.33 Å². The van der Waals surface area contributed by atoms with Crippen molar-refractivity contribution in [2.24, 2.45) is 0 Å². The minimum absolute atomic E-state index is 0.179. The summed E-state index contributed by atoms with van der Waals surface area (Å²) in [7, 11) is 0. The van der Waals surface area contributed by atoms with E-state index in [4.69, 9.17) is 16.3 Å². The molecule has 3 heterocycles. The molecule has 2 saturated heterocycles. The zero-order valence-corrected chi connectivity index (χ0v) is 14.9. The summed E-state index contributed by atoms with van der Waals surface area (Å²) in [6, 6.07) is 9.46. The van der Waals surface area contributed by atoms with Crippen LogP contribution in [0.3, 0.4) is 0 Å². The third-order valence-corrected chi connectivity index (χ3v) is 4.98. The van der Waals surface area contributed by atoms with Gasteiger partial charge >= 0.3 is 0 Å². The van der Waals surface area contributed by atoms with Crippen LogP contribution in [-0.4, -0.2) is 64.8 Å². The molecule has 2 fully saturated rings. The molecule has 7 nitrogen and oxygen atoms in total. The maximum absolute atomic E-state index is 5.78. The Balaban J connectivity index is 1.38. The Morgan fingerprint density at radius 2 is 1.96 bits per heavy atom. The molecule has 0 aliphatic carbocycles. The Hall–Kier alpha value is -1.96. The molecule has 8 heteroatoms. The molecule has 0 spiro atoms. The van der Waals surface area contributed by atoms with Gasteiger partial charge in [-0.1, -0.05) is 0 Å². The number of benzene rings is 1. The first-order valence-electron chi connectivity index (χ1n) is 8.49. The average molecular weight is 361 g/mol. The minimum atomic E-state index is 0.179. The number of rotatable bonds is 4. The Kier molecular flexibility index (Phi) is 4.70. The van der Waals surface area contributed by atoms with Crippen LogP contribution in [0.1, 0.15) is 6.92 Å². The van der Waals surface area contributed by atoms with Gasteiger partial charge in [-0.2, -0.15) is 4.98 Å². The molecule has 0 saturated carbocycles. The second-order valence-electron chi connectivity index (χ2n) is 6.47. The molecular weight excluding hydrogens is 340 g/mol. The largest absolute Gasteiger partial charge is 0.378 e. The van der Waals surface area contributed by atoms with Gasteiger partial charge in [0.2, 0.25) is 11.2 Å². The molecule has 1 atom stereocenters. The zero-order chi connectivity index (χ0) is 17.2. The zero-order valence-electron chi connectivity index (χ0n) is 14.1. The van der Waals surface area contributed by atoms with Gasteiger partial charge in [0, 0.05) is 37.1 Å². The van der Waals surface area contributed by atoms with Crippen LogP contribution in [-0.2, 0) is 4.74 Å². The summed E-state index contributed by atoms with van der Waals surface area (Å²) in [6.45, 7) is 7.21. The van der Waals surface area contributed by atoms with Gasteiger partial charge in [-0.15, -0.1) is 0 Å². The number of halogens is 1. The van der Waals surface area contributed by atoms with E-state index in [2.05, 4.69) is 49.1 Å². The van der Waals surface area contributed by atoms with Gasteiger partial charge < -0.3 is 15.0 Å². The highest BCUT2D eigenvalue weighted by Gasteiger charge is 2.33. The number of nitrogens with one attached hydrogen (secondary N) is 1. The summed E-state index contributed by atoms with van der Waals surface area (Å²) >= 11 is 5.78. The molecule has 0 amide bonds. The number of hydrogen-bond donors (Lipinski definition) is 1. The van der Waals surface area contributed by atoms with E-state index in [0.717, 1.165) is 38.5 Å². The van der Waals surface area contributed by atoms with Crippen LogP contribution in [0.15, 0.2) is 30.6 Å². The number of hydrogen-bond acceptors (Lipinski definition) is 7. The van der Waals surface area contributed by atoms with E-state index in [9.17, 15) is 0 Å². The molecule has 0 bridgehead atoms. The molecule has 1 aromatic carbocycles. The lowest BCUT2D eigenvalue weighted by molar-refractivity contribution is -0.0792. The summed E-state index contributed by atoms with van der Waals surface area (Å²) in [6.07, 6.45) is 1.39. The highest BCUT2D eigenvalue weighted by Crippen LogP contribution is 2.24. The van der Waals surface area contributed by atoms with E-state index >= 15 is 0 Å². The molecule has 1 N–H and O–H groups in total. The first-order chi connectivity index (χ1) is 12.2. The second kappa shape index (κ2) is 7.11. The second-order valence-corrected chi connectivity index (χ2v) is 6.81. The maximum atomic E-state index is 5.78. The third-order valence-electron chi connectivity index (χ3n) is 4.80. The van der Waals surface area contributed by atoms with Gasteiger partial charge in [0.15, 0.2) is 0 Å². The molecule has 4 rings (SSSR count).